The molecule has 4 rings (SSSR count). The van der Waals surface area contributed by atoms with Crippen molar-refractivity contribution in [3.8, 4) is 11.5 Å². The second-order valence-corrected chi connectivity index (χ2v) is 7.48. The molecule has 0 aliphatic carbocycles. The number of piperazine rings is 1. The van der Waals surface area contributed by atoms with Crippen LogP contribution in [0.15, 0.2) is 18.2 Å². The van der Waals surface area contributed by atoms with Crippen LogP contribution in [-0.4, -0.2) is 59.4 Å². The van der Waals surface area contributed by atoms with E-state index in [2.05, 4.69) is 44.4 Å². The van der Waals surface area contributed by atoms with Crippen molar-refractivity contribution < 1.29 is 14.6 Å². The van der Waals surface area contributed by atoms with E-state index in [1.165, 1.54) is 16.9 Å². The predicted molar refractivity (Wildman–Crippen MR) is 100.0 cm³/mol. The summed E-state index contributed by atoms with van der Waals surface area (Å²) in [7, 11) is 0. The minimum absolute atomic E-state index is 0.305. The molecule has 2 atom stereocenters. The van der Waals surface area contributed by atoms with Gasteiger partial charge in [0.1, 0.15) is 6.23 Å². The molecule has 140 valence electrons. The molecule has 1 saturated heterocycles. The molecule has 2 aromatic rings. The van der Waals surface area contributed by atoms with Crippen molar-refractivity contribution in [1.82, 2.24) is 15.1 Å². The molecule has 2 N–H and O–H groups in total. The van der Waals surface area contributed by atoms with Crippen LogP contribution in [0.2, 0.25) is 0 Å². The highest BCUT2D eigenvalue weighted by atomic mass is 32.1. The average molecular weight is 377 g/mol. The van der Waals surface area contributed by atoms with Gasteiger partial charge in [0.25, 0.3) is 0 Å². The van der Waals surface area contributed by atoms with E-state index in [-0.39, 0.29) is 0 Å². The van der Waals surface area contributed by atoms with Gasteiger partial charge in [-0.1, -0.05) is 17.4 Å². The number of ether oxygens (including phenoxy) is 2. The Labute approximate surface area is 156 Å². The number of anilines is 2. The number of nitrogens with one attached hydrogen (secondary N) is 1. The quantitative estimate of drug-likeness (QED) is 0.765. The zero-order valence-corrected chi connectivity index (χ0v) is 15.7. The Balaban J connectivity index is 1.36. The van der Waals surface area contributed by atoms with E-state index in [1.54, 1.807) is 6.92 Å². The fourth-order valence-electron chi connectivity index (χ4n) is 3.26. The molecule has 0 bridgehead atoms. The summed E-state index contributed by atoms with van der Waals surface area (Å²) in [5.74, 6) is 1.66. The molecule has 0 spiro atoms. The van der Waals surface area contributed by atoms with Gasteiger partial charge >= 0.3 is 0 Å². The van der Waals surface area contributed by atoms with E-state index >= 15 is 0 Å². The summed E-state index contributed by atoms with van der Waals surface area (Å²) in [6, 6.07) is 6.50. The Morgan fingerprint density at radius 1 is 1.12 bits per heavy atom. The summed E-state index contributed by atoms with van der Waals surface area (Å²) in [5, 5.41) is 22.1. The second-order valence-electron chi connectivity index (χ2n) is 6.52. The minimum Gasteiger partial charge on any atom is -0.454 e. The molecule has 1 aromatic carbocycles. The molecule has 1 aromatic heterocycles. The number of fused-ring (bicyclic) bond motifs is 1. The van der Waals surface area contributed by atoms with Gasteiger partial charge < -0.3 is 24.8 Å². The maximum atomic E-state index is 9.38. The van der Waals surface area contributed by atoms with Crippen molar-refractivity contribution in [1.29, 1.82) is 0 Å². The first kappa shape index (κ1) is 17.3. The molecule has 0 radical (unpaired) electrons. The Morgan fingerprint density at radius 2 is 1.88 bits per heavy atom. The summed E-state index contributed by atoms with van der Waals surface area (Å²) in [6.07, 6.45) is -0.629. The Kier molecular flexibility index (Phi) is 4.84. The third-order valence-electron chi connectivity index (χ3n) is 4.76. The van der Waals surface area contributed by atoms with Crippen LogP contribution in [0.5, 0.6) is 11.5 Å². The Morgan fingerprint density at radius 3 is 2.65 bits per heavy atom. The molecule has 1 fully saturated rings. The van der Waals surface area contributed by atoms with Crippen molar-refractivity contribution in [3.05, 3.63) is 23.8 Å². The number of aliphatic hydroxyl groups is 1. The van der Waals surface area contributed by atoms with Crippen molar-refractivity contribution in [2.24, 2.45) is 0 Å². The average Bonchev–Trinajstić information content (AvgIpc) is 3.29. The van der Waals surface area contributed by atoms with Crippen molar-refractivity contribution in [3.63, 3.8) is 0 Å². The van der Waals surface area contributed by atoms with Crippen LogP contribution < -0.4 is 19.7 Å². The van der Waals surface area contributed by atoms with E-state index in [1.807, 2.05) is 6.07 Å². The predicted octanol–water partition coefficient (Wildman–Crippen LogP) is 1.90. The van der Waals surface area contributed by atoms with Crippen molar-refractivity contribution >= 4 is 21.6 Å². The molecule has 0 saturated carbocycles. The summed E-state index contributed by atoms with van der Waals surface area (Å²) in [5.41, 5.74) is 1.24. The normalized spacial score (nSPS) is 19.4. The Hall–Kier alpha value is -2.10. The second kappa shape index (κ2) is 7.26. The summed E-state index contributed by atoms with van der Waals surface area (Å²) < 4.78 is 10.9. The molecule has 26 heavy (non-hydrogen) atoms. The lowest BCUT2D eigenvalue weighted by atomic mass is 10.1. The summed E-state index contributed by atoms with van der Waals surface area (Å²) in [4.78, 5) is 4.71. The van der Waals surface area contributed by atoms with Crippen LogP contribution in [0.3, 0.4) is 0 Å². The van der Waals surface area contributed by atoms with Gasteiger partial charge in [0, 0.05) is 32.2 Å². The number of nitrogens with zero attached hydrogens (tertiary/aromatic N) is 4. The lowest BCUT2D eigenvalue weighted by molar-refractivity contribution is 0.173. The van der Waals surface area contributed by atoms with Gasteiger partial charge in [-0.15, -0.1) is 10.2 Å². The van der Waals surface area contributed by atoms with Crippen LogP contribution in [0.25, 0.3) is 0 Å². The Bertz CT molecular complexity index is 761. The fourth-order valence-corrected chi connectivity index (χ4v) is 4.14. The van der Waals surface area contributed by atoms with Gasteiger partial charge in [-0.25, -0.2) is 0 Å². The molecule has 8 nitrogen and oxygen atoms in total. The lowest BCUT2D eigenvalue weighted by Gasteiger charge is -2.38. The maximum absolute atomic E-state index is 9.38. The minimum atomic E-state index is -0.629. The molecule has 1 unspecified atom stereocenters. The SMILES string of the molecule is CC(O)Nc1nnc(N2CCN([C@H](C)c3ccc4c(c3)OCO4)CC2)s1. The van der Waals surface area contributed by atoms with Gasteiger partial charge in [0.2, 0.25) is 17.1 Å². The van der Waals surface area contributed by atoms with Crippen LogP contribution in [0.1, 0.15) is 25.5 Å². The highest BCUT2D eigenvalue weighted by molar-refractivity contribution is 7.19. The topological polar surface area (TPSA) is 83.0 Å². The summed E-state index contributed by atoms with van der Waals surface area (Å²) in [6.45, 7) is 7.90. The third-order valence-corrected chi connectivity index (χ3v) is 5.67. The lowest BCUT2D eigenvalue weighted by Crippen LogP contribution is -2.47. The number of aliphatic hydroxyl groups excluding tert-OH is 1. The largest absolute Gasteiger partial charge is 0.454 e. The van der Waals surface area contributed by atoms with Crippen molar-refractivity contribution in [2.45, 2.75) is 26.1 Å². The van der Waals surface area contributed by atoms with E-state index in [0.29, 0.717) is 18.0 Å². The molecule has 9 heteroatoms. The van der Waals surface area contributed by atoms with Crippen LogP contribution in [-0.2, 0) is 0 Å². The van der Waals surface area contributed by atoms with Crippen LogP contribution >= 0.6 is 11.3 Å². The van der Waals surface area contributed by atoms with Gasteiger partial charge in [-0.3, -0.25) is 4.90 Å². The molecule has 0 amide bonds. The standard InChI is InChI=1S/C17H23N5O3S/c1-11(13-3-4-14-15(9-13)25-10-24-14)21-5-7-22(8-6-21)17-20-19-16(26-17)18-12(2)23/h3-4,9,11-12,23H,5-8,10H2,1-2H3,(H,18,19)/t11-,12?/m1/s1. The maximum Gasteiger partial charge on any atom is 0.231 e. The molecular weight excluding hydrogens is 354 g/mol. The highest BCUT2D eigenvalue weighted by Gasteiger charge is 2.25. The number of benzene rings is 1. The van der Waals surface area contributed by atoms with Crippen LogP contribution in [0.4, 0.5) is 10.3 Å². The number of aromatic nitrogens is 2. The number of hydrogen-bond donors (Lipinski definition) is 2. The van der Waals surface area contributed by atoms with E-state index in [4.69, 9.17) is 9.47 Å². The monoisotopic (exact) mass is 377 g/mol. The zero-order chi connectivity index (χ0) is 18.1. The first-order valence-corrected chi connectivity index (χ1v) is 9.58. The zero-order valence-electron chi connectivity index (χ0n) is 14.9. The fraction of sp³-hybridized carbons (Fsp3) is 0.529. The van der Waals surface area contributed by atoms with Gasteiger partial charge in [-0.2, -0.15) is 0 Å². The summed E-state index contributed by atoms with van der Waals surface area (Å²) >= 11 is 1.47. The smallest absolute Gasteiger partial charge is 0.231 e. The van der Waals surface area contributed by atoms with Gasteiger partial charge in [0.15, 0.2) is 11.5 Å². The molecule has 2 aliphatic heterocycles. The van der Waals surface area contributed by atoms with Gasteiger partial charge in [0.05, 0.1) is 0 Å². The third kappa shape index (κ3) is 3.55. The van der Waals surface area contributed by atoms with Crippen LogP contribution in [0, 0.1) is 0 Å². The first-order valence-electron chi connectivity index (χ1n) is 8.77. The van der Waals surface area contributed by atoms with E-state index in [0.717, 1.165) is 42.8 Å². The van der Waals surface area contributed by atoms with E-state index in [9.17, 15) is 5.11 Å². The van der Waals surface area contributed by atoms with E-state index < -0.39 is 6.23 Å². The molecule has 2 aliphatic rings. The van der Waals surface area contributed by atoms with Gasteiger partial charge in [-0.05, 0) is 31.5 Å². The first-order chi connectivity index (χ1) is 12.6. The molecule has 3 heterocycles. The number of rotatable bonds is 5. The highest BCUT2D eigenvalue weighted by Crippen LogP contribution is 2.35. The number of hydrogen-bond acceptors (Lipinski definition) is 9. The molecular formula is C17H23N5O3S. The van der Waals surface area contributed by atoms with Crippen molar-refractivity contribution in [2.75, 3.05) is 43.2 Å².